The smallest absolute Gasteiger partial charge is 0.258 e. The average Bonchev–Trinajstić information content (AvgIpc) is 2.63. The number of piperazine rings is 1. The lowest BCUT2D eigenvalue weighted by atomic mass is 10.0. The van der Waals surface area contributed by atoms with Gasteiger partial charge in [0.25, 0.3) is 5.56 Å². The standard InChI is InChI=1S/C19H26N4O2/c1-3-14(4-2)19(25)23-11-9-22(10-12-23)13-17-20-16-8-6-5-7-15(16)18(24)21-17/h5-8,14H,3-4,9-13H2,1-2H3,(H,20,21,24)/p+1. The van der Waals surface area contributed by atoms with E-state index in [0.717, 1.165) is 50.4 Å². The Morgan fingerprint density at radius 3 is 2.60 bits per heavy atom. The number of aromatic nitrogens is 2. The van der Waals surface area contributed by atoms with Crippen LogP contribution >= 0.6 is 0 Å². The van der Waals surface area contributed by atoms with E-state index in [4.69, 9.17) is 0 Å². The van der Waals surface area contributed by atoms with Gasteiger partial charge in [-0.3, -0.25) is 9.59 Å². The minimum Gasteiger partial charge on any atom is -0.331 e. The number of benzene rings is 1. The zero-order valence-corrected chi connectivity index (χ0v) is 15.0. The van der Waals surface area contributed by atoms with E-state index in [2.05, 4.69) is 23.8 Å². The Kier molecular flexibility index (Phi) is 5.48. The van der Waals surface area contributed by atoms with Gasteiger partial charge in [0.15, 0.2) is 5.82 Å². The molecule has 2 aromatic rings. The lowest BCUT2D eigenvalue weighted by Crippen LogP contribution is -3.13. The number of fused-ring (bicyclic) bond motifs is 1. The molecule has 1 saturated heterocycles. The minimum atomic E-state index is -0.0810. The van der Waals surface area contributed by atoms with Crippen LogP contribution in [0.2, 0.25) is 0 Å². The summed E-state index contributed by atoms with van der Waals surface area (Å²) in [4.78, 5) is 35.5. The summed E-state index contributed by atoms with van der Waals surface area (Å²) in [5.74, 6) is 1.17. The molecule has 1 aromatic carbocycles. The third kappa shape index (κ3) is 3.90. The van der Waals surface area contributed by atoms with Crippen LogP contribution in [0.15, 0.2) is 29.1 Å². The zero-order chi connectivity index (χ0) is 17.8. The van der Waals surface area contributed by atoms with Gasteiger partial charge in [-0.25, -0.2) is 4.98 Å². The molecule has 2 heterocycles. The molecule has 2 N–H and O–H groups in total. The molecule has 0 radical (unpaired) electrons. The van der Waals surface area contributed by atoms with Crippen molar-refractivity contribution in [1.82, 2.24) is 14.9 Å². The van der Waals surface area contributed by atoms with Gasteiger partial charge in [-0.2, -0.15) is 0 Å². The molecule has 134 valence electrons. The number of carbonyl (C=O) groups is 1. The van der Waals surface area contributed by atoms with Crippen molar-refractivity contribution in [3.05, 3.63) is 40.4 Å². The molecule has 0 spiro atoms. The van der Waals surface area contributed by atoms with E-state index in [0.29, 0.717) is 17.8 Å². The fourth-order valence-corrected chi connectivity index (χ4v) is 3.57. The van der Waals surface area contributed by atoms with Crippen molar-refractivity contribution in [3.63, 3.8) is 0 Å². The fraction of sp³-hybridized carbons (Fsp3) is 0.526. The highest BCUT2D eigenvalue weighted by molar-refractivity contribution is 5.79. The highest BCUT2D eigenvalue weighted by Crippen LogP contribution is 2.12. The Hall–Kier alpha value is -2.21. The van der Waals surface area contributed by atoms with Crippen molar-refractivity contribution >= 4 is 16.8 Å². The van der Waals surface area contributed by atoms with E-state index in [9.17, 15) is 9.59 Å². The van der Waals surface area contributed by atoms with E-state index in [1.807, 2.05) is 23.1 Å². The molecule has 0 bridgehead atoms. The third-order valence-electron chi connectivity index (χ3n) is 5.20. The third-order valence-corrected chi connectivity index (χ3v) is 5.20. The number of H-pyrrole nitrogens is 1. The number of rotatable bonds is 5. The Morgan fingerprint density at radius 1 is 1.24 bits per heavy atom. The Morgan fingerprint density at radius 2 is 1.92 bits per heavy atom. The van der Waals surface area contributed by atoms with Crippen molar-refractivity contribution in [2.24, 2.45) is 5.92 Å². The predicted octanol–water partition coefficient (Wildman–Crippen LogP) is 0.586. The molecule has 1 amide bonds. The molecule has 3 rings (SSSR count). The molecule has 0 atom stereocenters. The average molecular weight is 343 g/mol. The second-order valence-corrected chi connectivity index (χ2v) is 6.80. The van der Waals surface area contributed by atoms with Crippen LogP contribution in [-0.4, -0.2) is 47.0 Å². The van der Waals surface area contributed by atoms with Crippen molar-refractivity contribution < 1.29 is 9.69 Å². The number of hydrogen-bond donors (Lipinski definition) is 2. The van der Waals surface area contributed by atoms with Gasteiger partial charge < -0.3 is 14.8 Å². The quantitative estimate of drug-likeness (QED) is 0.835. The summed E-state index contributed by atoms with van der Waals surface area (Å²) < 4.78 is 0. The maximum atomic E-state index is 12.5. The van der Waals surface area contributed by atoms with E-state index in [1.165, 1.54) is 4.90 Å². The van der Waals surface area contributed by atoms with Crippen LogP contribution in [0.5, 0.6) is 0 Å². The first-order valence-electron chi connectivity index (χ1n) is 9.22. The molecule has 1 aromatic heterocycles. The molecule has 25 heavy (non-hydrogen) atoms. The second-order valence-electron chi connectivity index (χ2n) is 6.80. The topological polar surface area (TPSA) is 70.5 Å². The number of quaternary nitrogens is 1. The molecule has 1 aliphatic rings. The van der Waals surface area contributed by atoms with Crippen LogP contribution in [0, 0.1) is 5.92 Å². The van der Waals surface area contributed by atoms with Crippen molar-refractivity contribution in [2.45, 2.75) is 33.2 Å². The first-order valence-corrected chi connectivity index (χ1v) is 9.22. The number of hydrogen-bond acceptors (Lipinski definition) is 3. The number of aromatic amines is 1. The molecule has 6 nitrogen and oxygen atoms in total. The van der Waals surface area contributed by atoms with Gasteiger partial charge in [0.2, 0.25) is 5.91 Å². The Labute approximate surface area is 147 Å². The molecule has 6 heteroatoms. The number of nitrogens with zero attached hydrogens (tertiary/aromatic N) is 2. The summed E-state index contributed by atoms with van der Waals surface area (Å²) in [5.41, 5.74) is 0.658. The monoisotopic (exact) mass is 343 g/mol. The van der Waals surface area contributed by atoms with Gasteiger partial charge in [0.1, 0.15) is 6.54 Å². The summed E-state index contributed by atoms with van der Waals surface area (Å²) >= 11 is 0. The lowest BCUT2D eigenvalue weighted by molar-refractivity contribution is -0.918. The van der Waals surface area contributed by atoms with Gasteiger partial charge in [-0.15, -0.1) is 0 Å². The lowest BCUT2D eigenvalue weighted by Gasteiger charge is -2.33. The van der Waals surface area contributed by atoms with E-state index in [1.54, 1.807) is 6.07 Å². The molecule has 1 fully saturated rings. The van der Waals surface area contributed by atoms with Crippen molar-refractivity contribution in [3.8, 4) is 0 Å². The first-order chi connectivity index (χ1) is 12.1. The van der Waals surface area contributed by atoms with Crippen molar-refractivity contribution in [1.29, 1.82) is 0 Å². The number of amides is 1. The number of para-hydroxylation sites is 1. The highest BCUT2D eigenvalue weighted by atomic mass is 16.2. The largest absolute Gasteiger partial charge is 0.331 e. The molecule has 0 aliphatic carbocycles. The first kappa shape index (κ1) is 17.6. The SMILES string of the molecule is CCC(CC)C(=O)N1CC[NH+](Cc2nc3ccccc3c(=O)[nH]2)CC1. The summed E-state index contributed by atoms with van der Waals surface area (Å²) in [5, 5.41) is 0.627. The van der Waals surface area contributed by atoms with Gasteiger partial charge in [-0.05, 0) is 25.0 Å². The van der Waals surface area contributed by atoms with Gasteiger partial charge in [0, 0.05) is 5.92 Å². The summed E-state index contributed by atoms with van der Waals surface area (Å²) in [6.07, 6.45) is 1.81. The summed E-state index contributed by atoms with van der Waals surface area (Å²) in [6.45, 7) is 8.19. The van der Waals surface area contributed by atoms with Crippen LogP contribution < -0.4 is 10.5 Å². The highest BCUT2D eigenvalue weighted by Gasteiger charge is 2.27. The van der Waals surface area contributed by atoms with E-state index < -0.39 is 0 Å². The normalized spacial score (nSPS) is 15.9. The number of nitrogens with one attached hydrogen (secondary N) is 2. The van der Waals surface area contributed by atoms with Crippen LogP contribution in [0.3, 0.4) is 0 Å². The molecular weight excluding hydrogens is 316 g/mol. The van der Waals surface area contributed by atoms with Crippen molar-refractivity contribution in [2.75, 3.05) is 26.2 Å². The number of carbonyl (C=O) groups excluding carboxylic acids is 1. The molecule has 0 saturated carbocycles. The maximum Gasteiger partial charge on any atom is 0.258 e. The summed E-state index contributed by atoms with van der Waals surface area (Å²) in [7, 11) is 0. The Bertz CT molecular complexity index is 789. The minimum absolute atomic E-state index is 0.0810. The van der Waals surface area contributed by atoms with Gasteiger partial charge >= 0.3 is 0 Å². The Balaban J connectivity index is 1.63. The molecule has 1 aliphatic heterocycles. The van der Waals surface area contributed by atoms with Crippen LogP contribution in [0.4, 0.5) is 0 Å². The maximum absolute atomic E-state index is 12.5. The zero-order valence-electron chi connectivity index (χ0n) is 15.0. The van der Waals surface area contributed by atoms with Gasteiger partial charge in [-0.1, -0.05) is 26.0 Å². The fourth-order valence-electron chi connectivity index (χ4n) is 3.57. The van der Waals surface area contributed by atoms with E-state index in [-0.39, 0.29) is 11.5 Å². The predicted molar refractivity (Wildman–Crippen MR) is 97.4 cm³/mol. The van der Waals surface area contributed by atoms with Crippen LogP contribution in [-0.2, 0) is 11.3 Å². The molecular formula is C19H27N4O2+. The molecule has 0 unspecified atom stereocenters. The van der Waals surface area contributed by atoms with Crippen LogP contribution in [0.1, 0.15) is 32.5 Å². The van der Waals surface area contributed by atoms with Gasteiger partial charge in [0.05, 0.1) is 37.1 Å². The van der Waals surface area contributed by atoms with E-state index >= 15 is 0 Å². The summed E-state index contributed by atoms with van der Waals surface area (Å²) in [6, 6.07) is 7.41. The second kappa shape index (κ2) is 7.78. The van der Waals surface area contributed by atoms with Crippen LogP contribution in [0.25, 0.3) is 10.9 Å².